The van der Waals surface area contributed by atoms with Crippen molar-refractivity contribution in [2.24, 2.45) is 0 Å². The van der Waals surface area contributed by atoms with Crippen molar-refractivity contribution in [1.82, 2.24) is 15.0 Å². The fraction of sp³-hybridized carbons (Fsp3) is 0.250. The summed E-state index contributed by atoms with van der Waals surface area (Å²) in [6.45, 7) is 0.850. The number of phenolic OH excluding ortho intramolecular Hbond substituents is 1. The summed E-state index contributed by atoms with van der Waals surface area (Å²) >= 11 is 0. The first-order valence-electron chi connectivity index (χ1n) is 6.83. The highest BCUT2D eigenvalue weighted by atomic mass is 16.5. The fourth-order valence-corrected chi connectivity index (χ4v) is 2.19. The second kappa shape index (κ2) is 5.54. The standard InChI is InChI=1S/C16H17N3O2/c1-19(2)8-7-15-17-16(21-18-15)13-9-11-5-3-4-6-12(11)10-14(13)20/h3-6,9-10,20H,7-8H2,1-2H3. The second-order valence-electron chi connectivity index (χ2n) is 5.29. The van der Waals surface area contributed by atoms with Crippen molar-refractivity contribution in [1.29, 1.82) is 0 Å². The number of rotatable bonds is 4. The molecule has 1 heterocycles. The zero-order valence-corrected chi connectivity index (χ0v) is 12.1. The van der Waals surface area contributed by atoms with Crippen LogP contribution in [-0.4, -0.2) is 40.8 Å². The number of nitrogens with zero attached hydrogens (tertiary/aromatic N) is 3. The maximum atomic E-state index is 10.2. The molecule has 1 N–H and O–H groups in total. The van der Waals surface area contributed by atoms with Crippen molar-refractivity contribution < 1.29 is 9.63 Å². The number of aromatic nitrogens is 2. The zero-order chi connectivity index (χ0) is 14.8. The van der Waals surface area contributed by atoms with Gasteiger partial charge in [0.05, 0.1) is 5.56 Å². The molecule has 0 aliphatic rings. The van der Waals surface area contributed by atoms with Gasteiger partial charge in [0, 0.05) is 13.0 Å². The Bertz CT molecular complexity index is 765. The van der Waals surface area contributed by atoms with Crippen LogP contribution in [0, 0.1) is 0 Å². The number of hydrogen-bond donors (Lipinski definition) is 1. The predicted molar refractivity (Wildman–Crippen MR) is 81.2 cm³/mol. The minimum absolute atomic E-state index is 0.150. The number of aromatic hydroxyl groups is 1. The van der Waals surface area contributed by atoms with Crippen LogP contribution in [0.3, 0.4) is 0 Å². The van der Waals surface area contributed by atoms with Crippen molar-refractivity contribution in [2.45, 2.75) is 6.42 Å². The normalized spacial score (nSPS) is 11.4. The van der Waals surface area contributed by atoms with Crippen LogP contribution in [0.5, 0.6) is 5.75 Å². The molecule has 1 aromatic heterocycles. The average molecular weight is 283 g/mol. The monoisotopic (exact) mass is 283 g/mol. The van der Waals surface area contributed by atoms with E-state index in [4.69, 9.17) is 4.52 Å². The van der Waals surface area contributed by atoms with Gasteiger partial charge in [-0.05, 0) is 37.0 Å². The first-order chi connectivity index (χ1) is 10.1. The van der Waals surface area contributed by atoms with Crippen LogP contribution in [-0.2, 0) is 6.42 Å². The lowest BCUT2D eigenvalue weighted by atomic mass is 10.1. The van der Waals surface area contributed by atoms with Crippen molar-refractivity contribution >= 4 is 10.8 Å². The SMILES string of the molecule is CN(C)CCc1noc(-c2cc3ccccc3cc2O)n1. The molecule has 0 aliphatic carbocycles. The summed E-state index contributed by atoms with van der Waals surface area (Å²) in [5, 5.41) is 16.1. The van der Waals surface area contributed by atoms with E-state index < -0.39 is 0 Å². The van der Waals surface area contributed by atoms with Crippen LogP contribution < -0.4 is 0 Å². The maximum absolute atomic E-state index is 10.2. The Hall–Kier alpha value is -2.40. The zero-order valence-electron chi connectivity index (χ0n) is 12.1. The Kier molecular flexibility index (Phi) is 3.58. The van der Waals surface area contributed by atoms with E-state index in [9.17, 15) is 5.11 Å². The van der Waals surface area contributed by atoms with Gasteiger partial charge >= 0.3 is 0 Å². The summed E-state index contributed by atoms with van der Waals surface area (Å²) in [7, 11) is 3.99. The molecule has 0 saturated heterocycles. The molecule has 0 unspecified atom stereocenters. The minimum atomic E-state index is 0.150. The van der Waals surface area contributed by atoms with Gasteiger partial charge < -0.3 is 14.5 Å². The predicted octanol–water partition coefficient (Wildman–Crippen LogP) is 2.70. The highest BCUT2D eigenvalue weighted by molar-refractivity contribution is 5.89. The molecule has 2 aromatic carbocycles. The molecule has 108 valence electrons. The van der Waals surface area contributed by atoms with Crippen LogP contribution in [0.2, 0.25) is 0 Å². The van der Waals surface area contributed by atoms with Gasteiger partial charge in [0.15, 0.2) is 5.82 Å². The highest BCUT2D eigenvalue weighted by Gasteiger charge is 2.14. The molecule has 0 spiro atoms. The van der Waals surface area contributed by atoms with E-state index in [0.717, 1.165) is 17.3 Å². The lowest BCUT2D eigenvalue weighted by molar-refractivity contribution is 0.391. The first kappa shape index (κ1) is 13.6. The van der Waals surface area contributed by atoms with Gasteiger partial charge in [-0.15, -0.1) is 0 Å². The van der Waals surface area contributed by atoms with Gasteiger partial charge in [0.2, 0.25) is 0 Å². The van der Waals surface area contributed by atoms with E-state index >= 15 is 0 Å². The summed E-state index contributed by atoms with van der Waals surface area (Å²) in [6, 6.07) is 11.4. The third-order valence-electron chi connectivity index (χ3n) is 3.35. The van der Waals surface area contributed by atoms with Gasteiger partial charge in [-0.3, -0.25) is 0 Å². The molecular formula is C16H17N3O2. The fourth-order valence-electron chi connectivity index (χ4n) is 2.19. The molecule has 3 rings (SSSR count). The lowest BCUT2D eigenvalue weighted by Crippen LogP contribution is -2.15. The van der Waals surface area contributed by atoms with E-state index in [2.05, 4.69) is 15.0 Å². The van der Waals surface area contributed by atoms with Gasteiger partial charge in [0.25, 0.3) is 5.89 Å². The number of phenols is 1. The average Bonchev–Trinajstić information content (AvgIpc) is 2.93. The molecule has 5 heteroatoms. The molecule has 0 atom stereocenters. The van der Waals surface area contributed by atoms with Gasteiger partial charge in [-0.25, -0.2) is 0 Å². The number of benzene rings is 2. The maximum Gasteiger partial charge on any atom is 0.261 e. The van der Waals surface area contributed by atoms with Gasteiger partial charge in [-0.2, -0.15) is 4.98 Å². The largest absolute Gasteiger partial charge is 0.507 e. The molecular weight excluding hydrogens is 266 g/mol. The van der Waals surface area contributed by atoms with Crippen molar-refractivity contribution in [2.75, 3.05) is 20.6 Å². The van der Waals surface area contributed by atoms with Gasteiger partial charge in [-0.1, -0.05) is 29.4 Å². The van der Waals surface area contributed by atoms with Crippen molar-refractivity contribution in [3.05, 3.63) is 42.2 Å². The summed E-state index contributed by atoms with van der Waals surface area (Å²) in [6.07, 6.45) is 0.713. The van der Waals surface area contributed by atoms with E-state index in [1.165, 1.54) is 0 Å². The highest BCUT2D eigenvalue weighted by Crippen LogP contribution is 2.32. The summed E-state index contributed by atoms with van der Waals surface area (Å²) in [5.41, 5.74) is 0.567. The van der Waals surface area contributed by atoms with E-state index in [-0.39, 0.29) is 5.75 Å². The van der Waals surface area contributed by atoms with Crippen molar-refractivity contribution in [3.63, 3.8) is 0 Å². The molecule has 0 bridgehead atoms. The Morgan fingerprint density at radius 1 is 1.14 bits per heavy atom. The van der Waals surface area contributed by atoms with E-state index in [0.29, 0.717) is 23.7 Å². The smallest absolute Gasteiger partial charge is 0.261 e. The Morgan fingerprint density at radius 2 is 1.86 bits per heavy atom. The summed E-state index contributed by atoms with van der Waals surface area (Å²) in [5.74, 6) is 1.15. The first-order valence-corrected chi connectivity index (χ1v) is 6.83. The van der Waals surface area contributed by atoms with Gasteiger partial charge in [0.1, 0.15) is 5.75 Å². The number of likely N-dealkylation sites (N-methyl/N-ethyl adjacent to an activating group) is 1. The summed E-state index contributed by atoms with van der Waals surface area (Å²) < 4.78 is 5.27. The van der Waals surface area contributed by atoms with Crippen LogP contribution in [0.1, 0.15) is 5.82 Å². The Balaban J connectivity index is 1.94. The van der Waals surface area contributed by atoms with Crippen LogP contribution in [0.25, 0.3) is 22.2 Å². The molecule has 0 aliphatic heterocycles. The molecule has 3 aromatic rings. The van der Waals surface area contributed by atoms with Crippen LogP contribution >= 0.6 is 0 Å². The molecule has 0 fully saturated rings. The van der Waals surface area contributed by atoms with Crippen LogP contribution in [0.4, 0.5) is 0 Å². The topological polar surface area (TPSA) is 62.4 Å². The van der Waals surface area contributed by atoms with E-state index in [1.807, 2.05) is 44.4 Å². The van der Waals surface area contributed by atoms with Crippen molar-refractivity contribution in [3.8, 4) is 17.2 Å². The molecule has 21 heavy (non-hydrogen) atoms. The lowest BCUT2D eigenvalue weighted by Gasteiger charge is -2.05. The second-order valence-corrected chi connectivity index (χ2v) is 5.29. The van der Waals surface area contributed by atoms with Crippen LogP contribution in [0.15, 0.2) is 40.9 Å². The molecule has 0 radical (unpaired) electrons. The molecule has 0 saturated carbocycles. The molecule has 5 nitrogen and oxygen atoms in total. The quantitative estimate of drug-likeness (QED) is 0.797. The Morgan fingerprint density at radius 3 is 2.57 bits per heavy atom. The number of fused-ring (bicyclic) bond motifs is 1. The molecule has 0 amide bonds. The minimum Gasteiger partial charge on any atom is -0.507 e. The summed E-state index contributed by atoms with van der Waals surface area (Å²) in [4.78, 5) is 6.41. The number of hydrogen-bond acceptors (Lipinski definition) is 5. The Labute approximate surface area is 122 Å². The third-order valence-corrected chi connectivity index (χ3v) is 3.35. The third kappa shape index (κ3) is 2.87. The van der Waals surface area contributed by atoms with E-state index in [1.54, 1.807) is 6.07 Å².